The molecule has 1 atom stereocenters. The maximum absolute atomic E-state index is 13.0. The summed E-state index contributed by atoms with van der Waals surface area (Å²) in [5.74, 6) is 0.232. The van der Waals surface area contributed by atoms with Gasteiger partial charge in [-0.05, 0) is 48.9 Å². The van der Waals surface area contributed by atoms with Gasteiger partial charge in [0.1, 0.15) is 6.23 Å². The van der Waals surface area contributed by atoms with Gasteiger partial charge in [-0.3, -0.25) is 14.7 Å². The van der Waals surface area contributed by atoms with Crippen LogP contribution in [0.4, 0.5) is 5.69 Å². The molecule has 1 aliphatic carbocycles. The summed E-state index contributed by atoms with van der Waals surface area (Å²) >= 11 is 0. The molecular formula is C24H28N4O2. The first-order valence-electron chi connectivity index (χ1n) is 11.1. The number of hydrogen-bond donors (Lipinski definition) is 0. The number of benzene rings is 1. The molecular weight excluding hydrogens is 376 g/mol. The van der Waals surface area contributed by atoms with Crippen LogP contribution in [0.1, 0.15) is 24.0 Å². The number of ether oxygens (including phenoxy) is 1. The number of carbonyl (C=O) groups excluding carboxylic acids is 1. The molecule has 3 fully saturated rings. The zero-order valence-corrected chi connectivity index (χ0v) is 17.2. The first-order chi connectivity index (χ1) is 14.7. The molecule has 1 aromatic carbocycles. The number of nitrogens with zero attached hydrogens (tertiary/aromatic N) is 4. The van der Waals surface area contributed by atoms with Crippen LogP contribution >= 0.6 is 0 Å². The monoisotopic (exact) mass is 404 g/mol. The van der Waals surface area contributed by atoms with Gasteiger partial charge in [0.05, 0.1) is 18.7 Å². The van der Waals surface area contributed by atoms with Gasteiger partial charge >= 0.3 is 0 Å². The normalized spacial score (nSPS) is 26.3. The third-order valence-electron chi connectivity index (χ3n) is 7.49. The van der Waals surface area contributed by atoms with Gasteiger partial charge in [-0.1, -0.05) is 24.3 Å². The van der Waals surface area contributed by atoms with Gasteiger partial charge in [0.15, 0.2) is 0 Å². The molecule has 1 amide bonds. The molecule has 0 saturated carbocycles. The minimum atomic E-state index is -0.182. The van der Waals surface area contributed by atoms with Gasteiger partial charge in [0.25, 0.3) is 0 Å². The summed E-state index contributed by atoms with van der Waals surface area (Å²) in [5, 5.41) is 0. The van der Waals surface area contributed by atoms with Gasteiger partial charge in [-0.2, -0.15) is 0 Å². The van der Waals surface area contributed by atoms with Crippen molar-refractivity contribution in [2.45, 2.75) is 43.6 Å². The van der Waals surface area contributed by atoms with Crippen LogP contribution in [-0.4, -0.2) is 71.3 Å². The van der Waals surface area contributed by atoms with Crippen molar-refractivity contribution < 1.29 is 9.53 Å². The van der Waals surface area contributed by atoms with Crippen molar-refractivity contribution in [3.05, 3.63) is 59.9 Å². The number of piperazine rings is 1. The topological polar surface area (TPSA) is 48.9 Å². The predicted molar refractivity (Wildman–Crippen MR) is 114 cm³/mol. The van der Waals surface area contributed by atoms with E-state index in [0.717, 1.165) is 51.9 Å². The zero-order chi connectivity index (χ0) is 20.1. The van der Waals surface area contributed by atoms with Crippen LogP contribution in [0.25, 0.3) is 0 Å². The Morgan fingerprint density at radius 1 is 1.00 bits per heavy atom. The van der Waals surface area contributed by atoms with Gasteiger partial charge < -0.3 is 14.5 Å². The number of pyridine rings is 1. The van der Waals surface area contributed by atoms with E-state index in [1.807, 2.05) is 17.3 Å². The number of amides is 1. The molecule has 0 bridgehead atoms. The Bertz CT molecular complexity index is 916. The number of fused-ring (bicyclic) bond motifs is 2. The van der Waals surface area contributed by atoms with Crippen molar-refractivity contribution in [1.82, 2.24) is 14.8 Å². The fraction of sp³-hybridized carbons (Fsp3) is 0.500. The number of hydrogen-bond acceptors (Lipinski definition) is 5. The summed E-state index contributed by atoms with van der Waals surface area (Å²) in [6.45, 7) is 4.03. The lowest BCUT2D eigenvalue weighted by molar-refractivity contribution is -0.150. The van der Waals surface area contributed by atoms with E-state index in [0.29, 0.717) is 12.6 Å². The molecule has 6 heteroatoms. The molecule has 1 unspecified atom stereocenters. The molecule has 2 aromatic rings. The Kier molecular flexibility index (Phi) is 4.32. The average molecular weight is 405 g/mol. The second-order valence-corrected chi connectivity index (χ2v) is 9.23. The summed E-state index contributed by atoms with van der Waals surface area (Å²) < 4.78 is 6.64. The van der Waals surface area contributed by atoms with Gasteiger partial charge in [0, 0.05) is 43.8 Å². The van der Waals surface area contributed by atoms with E-state index in [-0.39, 0.29) is 17.7 Å². The highest BCUT2D eigenvalue weighted by atomic mass is 16.5. The highest BCUT2D eigenvalue weighted by Crippen LogP contribution is 2.39. The lowest BCUT2D eigenvalue weighted by atomic mass is 9.91. The summed E-state index contributed by atoms with van der Waals surface area (Å²) in [6.07, 6.45) is 7.61. The Morgan fingerprint density at radius 2 is 1.70 bits per heavy atom. The summed E-state index contributed by atoms with van der Waals surface area (Å²) in [5.41, 5.74) is 3.91. The summed E-state index contributed by atoms with van der Waals surface area (Å²) in [6, 6.07) is 13.2. The van der Waals surface area contributed by atoms with E-state index in [1.54, 1.807) is 0 Å². The van der Waals surface area contributed by atoms with Crippen LogP contribution in [0, 0.1) is 0 Å². The van der Waals surface area contributed by atoms with Gasteiger partial charge in [-0.15, -0.1) is 0 Å². The molecule has 6 nitrogen and oxygen atoms in total. The zero-order valence-electron chi connectivity index (χ0n) is 17.2. The lowest BCUT2D eigenvalue weighted by Crippen LogP contribution is -2.57. The molecule has 156 valence electrons. The fourth-order valence-electron chi connectivity index (χ4n) is 5.79. The van der Waals surface area contributed by atoms with E-state index in [9.17, 15) is 4.79 Å². The maximum atomic E-state index is 13.0. The number of anilines is 1. The third-order valence-corrected chi connectivity index (χ3v) is 7.49. The van der Waals surface area contributed by atoms with Crippen LogP contribution < -0.4 is 4.90 Å². The van der Waals surface area contributed by atoms with E-state index >= 15 is 0 Å². The number of rotatable bonds is 2. The number of carbonyl (C=O) groups is 1. The Labute approximate surface area is 177 Å². The third kappa shape index (κ3) is 3.10. The molecule has 6 rings (SSSR count). The molecule has 4 aliphatic rings. The smallest absolute Gasteiger partial charge is 0.238 e. The van der Waals surface area contributed by atoms with Crippen molar-refractivity contribution >= 4 is 11.6 Å². The minimum Gasteiger partial charge on any atom is -0.371 e. The molecule has 1 aromatic heterocycles. The molecule has 3 saturated heterocycles. The second-order valence-electron chi connectivity index (χ2n) is 9.23. The van der Waals surface area contributed by atoms with Gasteiger partial charge in [-0.25, -0.2) is 0 Å². The lowest BCUT2D eigenvalue weighted by Gasteiger charge is -2.39. The molecule has 4 heterocycles. The summed E-state index contributed by atoms with van der Waals surface area (Å²) in [7, 11) is 0. The van der Waals surface area contributed by atoms with Crippen LogP contribution in [0.5, 0.6) is 0 Å². The van der Waals surface area contributed by atoms with Gasteiger partial charge in [0.2, 0.25) is 5.91 Å². The molecule has 0 N–H and O–H groups in total. The molecule has 30 heavy (non-hydrogen) atoms. The number of piperidine rings is 1. The Balaban J connectivity index is 1.12. The standard InChI is InChI=1S/C24H28N4O2/c29-22-15-27(21-13-18-3-1-2-4-19(18)14-21)16-23-28(22)17-24(30-23)7-11-26(12-8-24)20-5-9-25-10-6-20/h1-6,9-10,21,23H,7-8,11-17H2. The quantitative estimate of drug-likeness (QED) is 0.767. The van der Waals surface area contributed by atoms with E-state index in [2.05, 4.69) is 51.2 Å². The predicted octanol–water partition coefficient (Wildman–Crippen LogP) is 2.09. The second kappa shape index (κ2) is 7.06. The highest BCUT2D eigenvalue weighted by Gasteiger charge is 2.51. The molecule has 0 radical (unpaired) electrons. The number of aromatic nitrogens is 1. The van der Waals surface area contributed by atoms with Crippen LogP contribution in [0.3, 0.4) is 0 Å². The van der Waals surface area contributed by atoms with E-state index in [1.165, 1.54) is 16.8 Å². The first kappa shape index (κ1) is 18.3. The van der Waals surface area contributed by atoms with Crippen molar-refractivity contribution in [2.24, 2.45) is 0 Å². The van der Waals surface area contributed by atoms with Crippen molar-refractivity contribution in [3.63, 3.8) is 0 Å². The van der Waals surface area contributed by atoms with Crippen LogP contribution in [0.15, 0.2) is 48.8 Å². The summed E-state index contributed by atoms with van der Waals surface area (Å²) in [4.78, 5) is 23.9. The fourth-order valence-corrected chi connectivity index (χ4v) is 5.79. The molecule has 1 spiro atoms. The Hall–Kier alpha value is -2.44. The van der Waals surface area contributed by atoms with Crippen LogP contribution in [0.2, 0.25) is 0 Å². The first-order valence-corrected chi connectivity index (χ1v) is 11.1. The van der Waals surface area contributed by atoms with E-state index in [4.69, 9.17) is 4.74 Å². The SMILES string of the molecule is O=C1CN(C2Cc3ccccc3C2)CC2OC3(CCN(c4ccncc4)CC3)CN12. The van der Waals surface area contributed by atoms with Crippen molar-refractivity contribution in [1.29, 1.82) is 0 Å². The van der Waals surface area contributed by atoms with Crippen LogP contribution in [-0.2, 0) is 22.4 Å². The average Bonchev–Trinajstić information content (AvgIpc) is 3.37. The minimum absolute atomic E-state index is 0.0950. The molecule has 3 aliphatic heterocycles. The maximum Gasteiger partial charge on any atom is 0.238 e. The Morgan fingerprint density at radius 3 is 2.40 bits per heavy atom. The van der Waals surface area contributed by atoms with Crippen molar-refractivity contribution in [3.8, 4) is 0 Å². The van der Waals surface area contributed by atoms with E-state index < -0.39 is 0 Å². The largest absolute Gasteiger partial charge is 0.371 e. The highest BCUT2D eigenvalue weighted by molar-refractivity contribution is 5.79. The van der Waals surface area contributed by atoms with Crippen molar-refractivity contribution in [2.75, 3.05) is 37.6 Å².